The molecule has 0 fully saturated rings. The zero-order valence-corrected chi connectivity index (χ0v) is 10.9. The molecule has 0 aliphatic heterocycles. The normalized spacial score (nSPS) is 11.3. The summed E-state index contributed by atoms with van der Waals surface area (Å²) >= 11 is 0. The molecule has 0 radical (unpaired) electrons. The minimum absolute atomic E-state index is 0.0761. The molecule has 0 atom stereocenters. The number of rotatable bonds is 6. The first-order valence-corrected chi connectivity index (χ1v) is 5.91. The van der Waals surface area contributed by atoms with Crippen LogP contribution in [0.15, 0.2) is 24.4 Å². The Kier molecular flexibility index (Phi) is 4.92. The second-order valence-electron chi connectivity index (χ2n) is 3.90. The van der Waals surface area contributed by atoms with Gasteiger partial charge in [0.05, 0.1) is 0 Å². The molecule has 0 bridgehead atoms. The van der Waals surface area contributed by atoms with Crippen LogP contribution in [-0.4, -0.2) is 33.7 Å². The fourth-order valence-corrected chi connectivity index (χ4v) is 1.44. The van der Waals surface area contributed by atoms with E-state index in [9.17, 15) is 13.2 Å². The highest BCUT2D eigenvalue weighted by Gasteiger charge is 2.09. The second kappa shape index (κ2) is 7.07. The molecule has 0 amide bonds. The summed E-state index contributed by atoms with van der Waals surface area (Å²) in [6.07, 6.45) is -1.42. The lowest BCUT2D eigenvalue weighted by molar-refractivity contribution is 0.0799. The van der Waals surface area contributed by atoms with E-state index in [0.717, 1.165) is 6.07 Å². The molecular weight excluding hydrogens is 301 g/mol. The molecule has 0 aliphatic carbocycles. The van der Waals surface area contributed by atoms with Crippen LogP contribution in [-0.2, 0) is 0 Å². The molecule has 0 saturated carbocycles. The predicted molar refractivity (Wildman–Crippen MR) is 69.3 cm³/mol. The van der Waals surface area contributed by atoms with Gasteiger partial charge in [0.25, 0.3) is 6.43 Å². The Balaban J connectivity index is 2.08. The number of nitriles is 1. The fraction of sp³-hybridized carbons (Fsp3) is 0.167. The average Bonchev–Trinajstić information content (AvgIpc) is 3.01. The van der Waals surface area contributed by atoms with Crippen LogP contribution >= 0.6 is 0 Å². The molecule has 22 heavy (non-hydrogen) atoms. The quantitative estimate of drug-likeness (QED) is 0.791. The van der Waals surface area contributed by atoms with E-state index in [0.29, 0.717) is 0 Å². The molecule has 1 heterocycles. The van der Waals surface area contributed by atoms with Gasteiger partial charge in [-0.25, -0.2) is 13.2 Å². The van der Waals surface area contributed by atoms with Gasteiger partial charge < -0.3 is 10.1 Å². The molecule has 0 aliphatic rings. The molecule has 114 valence electrons. The number of hydrogen-bond acceptors (Lipinski definition) is 6. The third-order valence-corrected chi connectivity index (χ3v) is 2.39. The zero-order valence-electron chi connectivity index (χ0n) is 10.9. The van der Waals surface area contributed by atoms with Crippen molar-refractivity contribution in [3.05, 3.63) is 36.0 Å². The van der Waals surface area contributed by atoms with Crippen LogP contribution in [0.5, 0.6) is 5.75 Å². The van der Waals surface area contributed by atoms with Crippen molar-refractivity contribution in [1.29, 1.82) is 5.26 Å². The van der Waals surface area contributed by atoms with Crippen LogP contribution in [0.1, 0.15) is 5.82 Å². The lowest BCUT2D eigenvalue weighted by atomic mass is 10.2. The van der Waals surface area contributed by atoms with Gasteiger partial charge in [-0.05, 0) is 17.3 Å². The van der Waals surface area contributed by atoms with E-state index in [1.807, 2.05) is 6.07 Å². The highest BCUT2D eigenvalue weighted by Crippen LogP contribution is 2.22. The summed E-state index contributed by atoms with van der Waals surface area (Å²) < 4.78 is 42.2. The summed E-state index contributed by atoms with van der Waals surface area (Å²) in [7, 11) is 0. The molecule has 7 nitrogen and oxygen atoms in total. The zero-order chi connectivity index (χ0) is 15.9. The summed E-state index contributed by atoms with van der Waals surface area (Å²) in [6, 6.07) is 5.50. The molecule has 1 aromatic heterocycles. The van der Waals surface area contributed by atoms with Crippen LogP contribution in [0.2, 0.25) is 0 Å². The SMILES string of the molecule is N#CC(=CNc1ccc(OCC(F)F)c(F)c1)c1nn[nH]n1. The number of anilines is 1. The van der Waals surface area contributed by atoms with Gasteiger partial charge in [0.1, 0.15) is 18.2 Å². The first-order valence-electron chi connectivity index (χ1n) is 5.91. The van der Waals surface area contributed by atoms with Crippen LogP contribution in [0.4, 0.5) is 18.9 Å². The maximum atomic E-state index is 13.6. The first-order chi connectivity index (χ1) is 10.6. The maximum absolute atomic E-state index is 13.6. The number of nitrogens with zero attached hydrogens (tertiary/aromatic N) is 4. The van der Waals surface area contributed by atoms with Crippen molar-refractivity contribution in [3.8, 4) is 11.8 Å². The van der Waals surface area contributed by atoms with Crippen molar-refractivity contribution in [2.75, 3.05) is 11.9 Å². The van der Waals surface area contributed by atoms with Gasteiger partial charge >= 0.3 is 0 Å². The van der Waals surface area contributed by atoms with Crippen LogP contribution in [0, 0.1) is 17.1 Å². The maximum Gasteiger partial charge on any atom is 0.272 e. The van der Waals surface area contributed by atoms with Crippen molar-refractivity contribution in [2.24, 2.45) is 0 Å². The number of ether oxygens (including phenoxy) is 1. The summed E-state index contributed by atoms with van der Waals surface area (Å²) in [5, 5.41) is 24.4. The van der Waals surface area contributed by atoms with E-state index in [2.05, 4.69) is 30.7 Å². The summed E-state index contributed by atoms with van der Waals surface area (Å²) in [5.74, 6) is -1.02. The Bertz CT molecular complexity index is 695. The molecular formula is C12H9F3N6O. The topological polar surface area (TPSA) is 99.5 Å². The molecule has 0 unspecified atom stereocenters. The second-order valence-corrected chi connectivity index (χ2v) is 3.90. The van der Waals surface area contributed by atoms with Crippen molar-refractivity contribution < 1.29 is 17.9 Å². The number of benzene rings is 1. The number of alkyl halides is 2. The van der Waals surface area contributed by atoms with Gasteiger partial charge in [0, 0.05) is 18.0 Å². The van der Waals surface area contributed by atoms with Crippen LogP contribution < -0.4 is 10.1 Å². The number of H-pyrrole nitrogens is 1. The minimum Gasteiger partial charge on any atom is -0.485 e. The fourth-order valence-electron chi connectivity index (χ4n) is 1.44. The third kappa shape index (κ3) is 3.95. The molecule has 10 heteroatoms. The summed E-state index contributed by atoms with van der Waals surface area (Å²) in [4.78, 5) is 0. The van der Waals surface area contributed by atoms with E-state index in [1.165, 1.54) is 18.3 Å². The van der Waals surface area contributed by atoms with Crippen LogP contribution in [0.25, 0.3) is 5.57 Å². The Morgan fingerprint density at radius 1 is 1.50 bits per heavy atom. The number of allylic oxidation sites excluding steroid dienone is 1. The van der Waals surface area contributed by atoms with Gasteiger partial charge in [-0.3, -0.25) is 0 Å². The van der Waals surface area contributed by atoms with Crippen molar-refractivity contribution in [2.45, 2.75) is 6.43 Å². The number of tetrazole rings is 1. The number of hydrogen-bond donors (Lipinski definition) is 2. The van der Waals surface area contributed by atoms with Gasteiger partial charge in [-0.15, -0.1) is 10.2 Å². The number of aromatic amines is 1. The molecule has 2 aromatic rings. The monoisotopic (exact) mass is 310 g/mol. The third-order valence-electron chi connectivity index (χ3n) is 2.39. The van der Waals surface area contributed by atoms with E-state index >= 15 is 0 Å². The van der Waals surface area contributed by atoms with Gasteiger partial charge in [0.2, 0.25) is 5.82 Å². The Morgan fingerprint density at radius 3 is 2.91 bits per heavy atom. The highest BCUT2D eigenvalue weighted by molar-refractivity contribution is 5.74. The van der Waals surface area contributed by atoms with Crippen LogP contribution in [0.3, 0.4) is 0 Å². The Hall–Kier alpha value is -3.09. The molecule has 0 saturated heterocycles. The molecule has 0 spiro atoms. The van der Waals surface area contributed by atoms with Gasteiger partial charge in [0.15, 0.2) is 11.6 Å². The Labute approximate surface area is 122 Å². The molecule has 2 rings (SSSR count). The lowest BCUT2D eigenvalue weighted by Crippen LogP contribution is -2.08. The first kappa shape index (κ1) is 15.3. The lowest BCUT2D eigenvalue weighted by Gasteiger charge is -2.08. The largest absolute Gasteiger partial charge is 0.485 e. The minimum atomic E-state index is -2.69. The van der Waals surface area contributed by atoms with E-state index < -0.39 is 18.8 Å². The summed E-state index contributed by atoms with van der Waals surface area (Å²) in [6.45, 7) is -0.889. The van der Waals surface area contributed by atoms with Gasteiger partial charge in [-0.1, -0.05) is 0 Å². The van der Waals surface area contributed by atoms with E-state index in [-0.39, 0.29) is 22.8 Å². The highest BCUT2D eigenvalue weighted by atomic mass is 19.3. The van der Waals surface area contributed by atoms with E-state index in [4.69, 9.17) is 5.26 Å². The smallest absolute Gasteiger partial charge is 0.272 e. The molecule has 1 aromatic carbocycles. The number of aromatic nitrogens is 4. The number of halogens is 3. The van der Waals surface area contributed by atoms with Crippen molar-refractivity contribution in [1.82, 2.24) is 20.6 Å². The van der Waals surface area contributed by atoms with E-state index in [1.54, 1.807) is 0 Å². The summed E-state index contributed by atoms with van der Waals surface area (Å²) in [5.41, 5.74) is 0.366. The average molecular weight is 310 g/mol. The number of nitrogens with one attached hydrogen (secondary N) is 2. The van der Waals surface area contributed by atoms with Crippen molar-refractivity contribution >= 4 is 11.3 Å². The standard InChI is InChI=1S/C12H9F3N6O/c13-9-3-8(1-2-10(9)22-6-11(14)15)17-5-7(4-16)12-18-20-21-19-12/h1-3,5,11,17H,6H2,(H,18,19,20,21). The molecule has 2 N–H and O–H groups in total. The predicted octanol–water partition coefficient (Wildman–Crippen LogP) is 1.96. The van der Waals surface area contributed by atoms with Gasteiger partial charge in [-0.2, -0.15) is 10.5 Å². The Morgan fingerprint density at radius 2 is 2.32 bits per heavy atom. The van der Waals surface area contributed by atoms with Crippen molar-refractivity contribution in [3.63, 3.8) is 0 Å².